The lowest BCUT2D eigenvalue weighted by Crippen LogP contribution is -2.49. The molecule has 1 saturated carbocycles. The highest BCUT2D eigenvalue weighted by atomic mass is 32.1. The van der Waals surface area contributed by atoms with Crippen molar-refractivity contribution in [3.63, 3.8) is 0 Å². The molecule has 2 aliphatic heterocycles. The molecule has 0 aromatic carbocycles. The van der Waals surface area contributed by atoms with Crippen LogP contribution in [0.5, 0.6) is 0 Å². The first-order valence-electron chi connectivity index (χ1n) is 13.9. The first-order chi connectivity index (χ1) is 17.2. The number of rotatable bonds is 5. The van der Waals surface area contributed by atoms with Gasteiger partial charge in [-0.25, -0.2) is 9.97 Å². The lowest BCUT2D eigenvalue weighted by molar-refractivity contribution is -0.132. The molecule has 4 heterocycles. The van der Waals surface area contributed by atoms with Crippen LogP contribution in [-0.4, -0.2) is 78.2 Å². The monoisotopic (exact) mass is 497 g/mol. The Balaban J connectivity index is 1.21. The summed E-state index contributed by atoms with van der Waals surface area (Å²) >= 11 is 1.89. The Labute approximate surface area is 212 Å². The minimum atomic E-state index is 0.366. The third kappa shape index (κ3) is 5.20. The maximum atomic E-state index is 13.0. The van der Waals surface area contributed by atoms with E-state index in [9.17, 15) is 4.79 Å². The first kappa shape index (κ1) is 23.6. The molecule has 190 valence electrons. The van der Waals surface area contributed by atoms with Crippen molar-refractivity contribution >= 4 is 33.3 Å². The van der Waals surface area contributed by atoms with Gasteiger partial charge < -0.3 is 14.5 Å². The fraction of sp³-hybridized carbons (Fsp3) is 0.741. The summed E-state index contributed by atoms with van der Waals surface area (Å²) in [5.41, 5.74) is 1.50. The number of aryl methyl sites for hydroxylation is 2. The van der Waals surface area contributed by atoms with Gasteiger partial charge in [0.05, 0.1) is 25.1 Å². The van der Waals surface area contributed by atoms with Gasteiger partial charge in [0.15, 0.2) is 0 Å². The fourth-order valence-corrected chi connectivity index (χ4v) is 7.65. The fourth-order valence-electron chi connectivity index (χ4n) is 6.37. The highest BCUT2D eigenvalue weighted by molar-refractivity contribution is 7.19. The second-order valence-corrected chi connectivity index (χ2v) is 11.9. The van der Waals surface area contributed by atoms with Crippen LogP contribution in [0, 0.1) is 5.92 Å². The van der Waals surface area contributed by atoms with E-state index in [1.54, 1.807) is 0 Å². The predicted molar refractivity (Wildman–Crippen MR) is 140 cm³/mol. The van der Waals surface area contributed by atoms with Gasteiger partial charge in [0.2, 0.25) is 5.91 Å². The van der Waals surface area contributed by atoms with Crippen molar-refractivity contribution in [2.45, 2.75) is 70.8 Å². The van der Waals surface area contributed by atoms with Gasteiger partial charge in [0.25, 0.3) is 0 Å². The number of ether oxygens (including phenoxy) is 1. The normalized spacial score (nSPS) is 22.5. The van der Waals surface area contributed by atoms with E-state index in [4.69, 9.17) is 14.7 Å². The molecule has 6 rings (SSSR count). The van der Waals surface area contributed by atoms with E-state index in [0.717, 1.165) is 83.5 Å². The molecule has 0 N–H and O–H groups in total. The Morgan fingerprint density at radius 1 is 0.914 bits per heavy atom. The SMILES string of the molecule is O=C(CC1CCCCC1)N1CCN(c2nc(CN3CCOCC3)nc3sc4c(c23)CCCC4)CC1. The second kappa shape index (κ2) is 10.7. The summed E-state index contributed by atoms with van der Waals surface area (Å²) in [6.07, 6.45) is 12.0. The summed E-state index contributed by atoms with van der Waals surface area (Å²) < 4.78 is 5.54. The topological polar surface area (TPSA) is 61.8 Å². The number of nitrogens with zero attached hydrogens (tertiary/aromatic N) is 5. The van der Waals surface area contributed by atoms with Crippen LogP contribution in [0.1, 0.15) is 67.6 Å². The number of carbonyl (C=O) groups is 1. The molecule has 1 amide bonds. The van der Waals surface area contributed by atoms with Crippen LogP contribution < -0.4 is 4.90 Å². The van der Waals surface area contributed by atoms with Crippen molar-refractivity contribution in [3.8, 4) is 0 Å². The van der Waals surface area contributed by atoms with E-state index in [2.05, 4.69) is 14.7 Å². The van der Waals surface area contributed by atoms with Gasteiger partial charge in [0, 0.05) is 50.6 Å². The Morgan fingerprint density at radius 3 is 2.49 bits per heavy atom. The van der Waals surface area contributed by atoms with E-state index >= 15 is 0 Å². The number of amides is 1. The van der Waals surface area contributed by atoms with Crippen molar-refractivity contribution in [1.82, 2.24) is 19.8 Å². The zero-order valence-corrected chi connectivity index (χ0v) is 21.8. The predicted octanol–water partition coefficient (Wildman–Crippen LogP) is 4.02. The molecule has 0 spiro atoms. The van der Waals surface area contributed by atoms with Gasteiger partial charge in [-0.05, 0) is 50.0 Å². The maximum Gasteiger partial charge on any atom is 0.222 e. The van der Waals surface area contributed by atoms with Gasteiger partial charge in [-0.3, -0.25) is 9.69 Å². The summed E-state index contributed by atoms with van der Waals surface area (Å²) in [5.74, 6) is 3.03. The first-order valence-corrected chi connectivity index (χ1v) is 14.7. The molecule has 0 radical (unpaired) electrons. The number of thiophene rings is 1. The van der Waals surface area contributed by atoms with Crippen LogP contribution in [0.25, 0.3) is 10.2 Å². The number of hydrogen-bond donors (Lipinski definition) is 0. The van der Waals surface area contributed by atoms with Crippen LogP contribution in [0.3, 0.4) is 0 Å². The molecule has 7 nitrogen and oxygen atoms in total. The van der Waals surface area contributed by atoms with Crippen LogP contribution in [0.15, 0.2) is 0 Å². The van der Waals surface area contributed by atoms with E-state index in [-0.39, 0.29) is 0 Å². The molecular weight excluding hydrogens is 458 g/mol. The molecule has 0 unspecified atom stereocenters. The third-order valence-electron chi connectivity index (χ3n) is 8.43. The molecule has 2 saturated heterocycles. The van der Waals surface area contributed by atoms with Gasteiger partial charge >= 0.3 is 0 Å². The number of hydrogen-bond acceptors (Lipinski definition) is 7. The summed E-state index contributed by atoms with van der Waals surface area (Å²) in [6, 6.07) is 0. The van der Waals surface area contributed by atoms with Crippen molar-refractivity contribution < 1.29 is 9.53 Å². The smallest absolute Gasteiger partial charge is 0.222 e. The van der Waals surface area contributed by atoms with Crippen molar-refractivity contribution in [3.05, 3.63) is 16.3 Å². The van der Waals surface area contributed by atoms with Crippen LogP contribution in [-0.2, 0) is 28.9 Å². The average Bonchev–Trinajstić information content (AvgIpc) is 3.28. The molecule has 2 aromatic heterocycles. The summed E-state index contributed by atoms with van der Waals surface area (Å²) in [7, 11) is 0. The number of fused-ring (bicyclic) bond motifs is 3. The lowest BCUT2D eigenvalue weighted by Gasteiger charge is -2.37. The van der Waals surface area contributed by atoms with Gasteiger partial charge in [0.1, 0.15) is 16.5 Å². The second-order valence-electron chi connectivity index (χ2n) is 10.8. The molecule has 4 aliphatic rings. The Morgan fingerprint density at radius 2 is 1.69 bits per heavy atom. The third-order valence-corrected chi connectivity index (χ3v) is 9.62. The zero-order chi connectivity index (χ0) is 23.6. The summed E-state index contributed by atoms with van der Waals surface area (Å²) in [5, 5.41) is 1.30. The Kier molecular flexibility index (Phi) is 7.21. The molecule has 2 aliphatic carbocycles. The Bertz CT molecular complexity index is 1040. The minimum absolute atomic E-state index is 0.366. The van der Waals surface area contributed by atoms with Crippen molar-refractivity contribution in [2.24, 2.45) is 5.92 Å². The largest absolute Gasteiger partial charge is 0.379 e. The van der Waals surface area contributed by atoms with E-state index < -0.39 is 0 Å². The molecular formula is C27H39N5O2S. The summed E-state index contributed by atoms with van der Waals surface area (Å²) in [4.78, 5) is 32.9. The standard InChI is InChI=1S/C27H39N5O2S/c33-24(18-20-6-2-1-3-7-20)31-10-12-32(13-11-31)26-25-21-8-4-5-9-22(21)35-27(25)29-23(28-26)19-30-14-16-34-17-15-30/h20H,1-19H2. The Hall–Kier alpha value is -1.77. The highest BCUT2D eigenvalue weighted by Crippen LogP contribution is 2.40. The number of aromatic nitrogens is 2. The van der Waals surface area contributed by atoms with Gasteiger partial charge in [-0.2, -0.15) is 0 Å². The summed E-state index contributed by atoms with van der Waals surface area (Å²) in [6.45, 7) is 7.60. The van der Waals surface area contributed by atoms with E-state index in [1.165, 1.54) is 72.0 Å². The van der Waals surface area contributed by atoms with Gasteiger partial charge in [-0.15, -0.1) is 11.3 Å². The molecule has 35 heavy (non-hydrogen) atoms. The highest BCUT2D eigenvalue weighted by Gasteiger charge is 2.29. The van der Waals surface area contributed by atoms with Crippen LogP contribution in [0.4, 0.5) is 5.82 Å². The van der Waals surface area contributed by atoms with Crippen molar-refractivity contribution in [1.29, 1.82) is 0 Å². The van der Waals surface area contributed by atoms with E-state index in [0.29, 0.717) is 11.8 Å². The quantitative estimate of drug-likeness (QED) is 0.622. The maximum absolute atomic E-state index is 13.0. The number of morpholine rings is 1. The van der Waals surface area contributed by atoms with Crippen molar-refractivity contribution in [2.75, 3.05) is 57.4 Å². The van der Waals surface area contributed by atoms with E-state index in [1.807, 2.05) is 11.3 Å². The molecule has 3 fully saturated rings. The molecule has 8 heteroatoms. The lowest BCUT2D eigenvalue weighted by atomic mass is 9.86. The number of carbonyl (C=O) groups excluding carboxylic acids is 1. The molecule has 2 aromatic rings. The minimum Gasteiger partial charge on any atom is -0.379 e. The van der Waals surface area contributed by atoms with Crippen LogP contribution in [0.2, 0.25) is 0 Å². The number of piperazine rings is 1. The molecule has 0 bridgehead atoms. The number of anilines is 1. The van der Waals surface area contributed by atoms with Gasteiger partial charge in [-0.1, -0.05) is 19.3 Å². The zero-order valence-electron chi connectivity index (χ0n) is 21.0. The molecule has 0 atom stereocenters. The van der Waals surface area contributed by atoms with Crippen LogP contribution >= 0.6 is 11.3 Å². The average molecular weight is 498 g/mol.